The molecule has 0 N–H and O–H groups in total. The average molecular weight is 323 g/mol. The molecule has 0 aliphatic rings. The molecule has 6 heteroatoms. The van der Waals surface area contributed by atoms with Crippen LogP contribution >= 0.6 is 37.4 Å². The van der Waals surface area contributed by atoms with Crippen LogP contribution in [0.1, 0.15) is 13.8 Å². The summed E-state index contributed by atoms with van der Waals surface area (Å²) in [6, 6.07) is 0. The molecule has 0 saturated heterocycles. The summed E-state index contributed by atoms with van der Waals surface area (Å²) >= 11 is 2.21. The largest absolute Gasteiger partial charge is 0.349 e. The minimum Gasteiger partial charge on any atom is -0.349 e. The van der Waals surface area contributed by atoms with E-state index in [1.54, 1.807) is 0 Å². The Morgan fingerprint density at radius 2 is 1.75 bits per heavy atom. The molecule has 0 saturated carbocycles. The highest BCUT2D eigenvalue weighted by atomic mass is 127. The van der Waals surface area contributed by atoms with Gasteiger partial charge in [-0.05, 0) is 22.0 Å². The van der Waals surface area contributed by atoms with Crippen molar-refractivity contribution in [3.63, 3.8) is 0 Å². The maximum absolute atomic E-state index is 5.41. The zero-order chi connectivity index (χ0) is 9.23. The van der Waals surface area contributed by atoms with Crippen molar-refractivity contribution >= 4 is 37.4 Å². The predicted molar refractivity (Wildman–Crippen MR) is 65.5 cm³/mol. The Kier molecular flexibility index (Phi) is 11.8. The van der Waals surface area contributed by atoms with E-state index in [9.17, 15) is 0 Å². The Morgan fingerprint density at radius 3 is 2.25 bits per heavy atom. The minimum absolute atomic E-state index is 0.489. The SMILES string of the molecule is CCN(CC)POCCOPI. The Hall–Kier alpha value is 1.47. The molecule has 0 fully saturated rings. The van der Waals surface area contributed by atoms with Crippen molar-refractivity contribution in [2.24, 2.45) is 0 Å². The van der Waals surface area contributed by atoms with Gasteiger partial charge in [-0.3, -0.25) is 4.67 Å². The van der Waals surface area contributed by atoms with Crippen LogP contribution in [-0.2, 0) is 9.05 Å². The Morgan fingerprint density at radius 1 is 1.17 bits per heavy atom. The van der Waals surface area contributed by atoms with E-state index in [0.717, 1.165) is 19.7 Å². The standard InChI is InChI=1S/C6H16INO2P2/c1-3-8(4-2)12-10-6-5-9-11-7/h11-12H,3-6H2,1-2H3. The molecule has 2 unspecified atom stereocenters. The summed E-state index contributed by atoms with van der Waals surface area (Å²) in [6.45, 7) is 8.38. The summed E-state index contributed by atoms with van der Waals surface area (Å²) in [6.07, 6.45) is 0. The van der Waals surface area contributed by atoms with Crippen LogP contribution in [-0.4, -0.2) is 31.0 Å². The second-order valence-corrected chi connectivity index (χ2v) is 4.91. The van der Waals surface area contributed by atoms with E-state index in [2.05, 4.69) is 40.6 Å². The summed E-state index contributed by atoms with van der Waals surface area (Å²) in [4.78, 5) is 0. The van der Waals surface area contributed by atoms with E-state index in [0.29, 0.717) is 22.0 Å². The topological polar surface area (TPSA) is 21.7 Å². The van der Waals surface area contributed by atoms with Crippen LogP contribution in [0.4, 0.5) is 0 Å². The first-order valence-corrected chi connectivity index (χ1v) is 8.82. The van der Waals surface area contributed by atoms with E-state index in [1.165, 1.54) is 0 Å². The van der Waals surface area contributed by atoms with Gasteiger partial charge >= 0.3 is 0 Å². The van der Waals surface area contributed by atoms with Crippen molar-refractivity contribution in [1.82, 2.24) is 4.67 Å². The third-order valence-corrected chi connectivity index (χ3v) is 3.77. The van der Waals surface area contributed by atoms with Gasteiger partial charge in [0, 0.05) is 13.1 Å². The molecule has 0 aromatic carbocycles. The maximum Gasteiger partial charge on any atom is 0.0890 e. The second-order valence-electron chi connectivity index (χ2n) is 2.04. The Labute approximate surface area is 91.2 Å². The van der Waals surface area contributed by atoms with Crippen molar-refractivity contribution in [2.45, 2.75) is 13.8 Å². The fourth-order valence-electron chi connectivity index (χ4n) is 0.612. The van der Waals surface area contributed by atoms with Crippen LogP contribution in [0.25, 0.3) is 0 Å². The highest BCUT2D eigenvalue weighted by molar-refractivity contribution is 14.2. The van der Waals surface area contributed by atoms with Crippen LogP contribution in [0.2, 0.25) is 0 Å². The van der Waals surface area contributed by atoms with Crippen LogP contribution in [0.3, 0.4) is 0 Å². The summed E-state index contributed by atoms with van der Waals surface area (Å²) in [5.74, 6) is 0. The lowest BCUT2D eigenvalue weighted by atomic mass is 10.7. The molecule has 0 spiro atoms. The molecule has 2 atom stereocenters. The van der Waals surface area contributed by atoms with Crippen LogP contribution in [0.5, 0.6) is 0 Å². The lowest BCUT2D eigenvalue weighted by Crippen LogP contribution is -2.13. The molecule has 0 radical (unpaired) electrons. The summed E-state index contributed by atoms with van der Waals surface area (Å²) in [5.41, 5.74) is 0. The first-order chi connectivity index (χ1) is 5.85. The lowest BCUT2D eigenvalue weighted by molar-refractivity contribution is 0.246. The first kappa shape index (κ1) is 13.5. The minimum atomic E-state index is 0.489. The third-order valence-electron chi connectivity index (χ3n) is 1.30. The molecule has 0 bridgehead atoms. The van der Waals surface area contributed by atoms with Gasteiger partial charge < -0.3 is 9.05 Å². The second kappa shape index (κ2) is 10.6. The van der Waals surface area contributed by atoms with Gasteiger partial charge in [0.15, 0.2) is 0 Å². The van der Waals surface area contributed by atoms with E-state index < -0.39 is 0 Å². The molecule has 0 rings (SSSR count). The molecular formula is C6H16INO2P2. The van der Waals surface area contributed by atoms with Crippen LogP contribution in [0, 0.1) is 0 Å². The number of rotatable bonds is 8. The highest BCUT2D eigenvalue weighted by Crippen LogP contribution is 2.22. The van der Waals surface area contributed by atoms with Crippen molar-refractivity contribution in [3.05, 3.63) is 0 Å². The number of nitrogens with zero attached hydrogens (tertiary/aromatic N) is 1. The number of halogens is 1. The molecule has 0 aliphatic carbocycles. The molecule has 12 heavy (non-hydrogen) atoms. The zero-order valence-corrected chi connectivity index (χ0v) is 11.6. The molecule has 0 aliphatic heterocycles. The summed E-state index contributed by atoms with van der Waals surface area (Å²) in [5, 5.41) is 0. The smallest absolute Gasteiger partial charge is 0.0890 e. The monoisotopic (exact) mass is 323 g/mol. The van der Waals surface area contributed by atoms with Crippen molar-refractivity contribution in [1.29, 1.82) is 0 Å². The average Bonchev–Trinajstić information content (AvgIpc) is 2.11. The fourth-order valence-corrected chi connectivity index (χ4v) is 2.05. The maximum atomic E-state index is 5.41. The van der Waals surface area contributed by atoms with Gasteiger partial charge in [0.25, 0.3) is 0 Å². The lowest BCUT2D eigenvalue weighted by Gasteiger charge is -2.16. The van der Waals surface area contributed by atoms with E-state index >= 15 is 0 Å². The van der Waals surface area contributed by atoms with E-state index in [4.69, 9.17) is 9.05 Å². The van der Waals surface area contributed by atoms with Gasteiger partial charge in [0.05, 0.1) is 28.6 Å². The van der Waals surface area contributed by atoms with Crippen molar-refractivity contribution in [3.8, 4) is 0 Å². The molecule has 3 nitrogen and oxygen atoms in total. The molecule has 0 aromatic rings. The van der Waals surface area contributed by atoms with Gasteiger partial charge in [0.1, 0.15) is 0 Å². The van der Waals surface area contributed by atoms with Gasteiger partial charge in [-0.2, -0.15) is 0 Å². The predicted octanol–water partition coefficient (Wildman–Crippen LogP) is 2.81. The highest BCUT2D eigenvalue weighted by Gasteiger charge is 1.97. The zero-order valence-electron chi connectivity index (χ0n) is 7.47. The van der Waals surface area contributed by atoms with E-state index in [1.807, 2.05) is 0 Å². The Balaban J connectivity index is 3.06. The normalized spacial score (nSPS) is 13.0. The molecule has 0 aromatic heterocycles. The van der Waals surface area contributed by atoms with Crippen LogP contribution in [0.15, 0.2) is 0 Å². The van der Waals surface area contributed by atoms with Crippen molar-refractivity contribution in [2.75, 3.05) is 26.3 Å². The Bertz CT molecular complexity index is 95.6. The van der Waals surface area contributed by atoms with Gasteiger partial charge in [0.2, 0.25) is 0 Å². The first-order valence-electron chi connectivity index (χ1n) is 3.94. The van der Waals surface area contributed by atoms with Gasteiger partial charge in [-0.15, -0.1) is 0 Å². The molecule has 0 amide bonds. The molecular weight excluding hydrogens is 307 g/mol. The van der Waals surface area contributed by atoms with E-state index in [-0.39, 0.29) is 0 Å². The van der Waals surface area contributed by atoms with Crippen LogP contribution < -0.4 is 0 Å². The number of hydrogen-bond acceptors (Lipinski definition) is 3. The van der Waals surface area contributed by atoms with Gasteiger partial charge in [-0.25, -0.2) is 0 Å². The summed E-state index contributed by atoms with van der Waals surface area (Å²) < 4.78 is 12.8. The number of hydrogen-bond donors (Lipinski definition) is 0. The summed E-state index contributed by atoms with van der Waals surface area (Å²) in [7, 11) is 0.489. The van der Waals surface area contributed by atoms with Crippen molar-refractivity contribution < 1.29 is 9.05 Å². The third kappa shape index (κ3) is 8.09. The molecule has 74 valence electrons. The molecule has 0 heterocycles. The fraction of sp³-hybridized carbons (Fsp3) is 1.00. The quantitative estimate of drug-likeness (QED) is 0.390. The van der Waals surface area contributed by atoms with Gasteiger partial charge in [-0.1, -0.05) is 13.8 Å².